The van der Waals surface area contributed by atoms with E-state index in [2.05, 4.69) is 4.74 Å². The number of methoxy groups -OCH3 is 1. The molecule has 3 nitrogen and oxygen atoms in total. The van der Waals surface area contributed by atoms with Crippen LogP contribution < -0.4 is 0 Å². The first kappa shape index (κ1) is 9.75. The largest absolute Gasteiger partial charge is 0.513 e. The van der Waals surface area contributed by atoms with Crippen LogP contribution in [0.5, 0.6) is 0 Å². The number of hydrogen-bond acceptors (Lipinski definition) is 3. The molecule has 0 aromatic carbocycles. The molecule has 0 heterocycles. The Morgan fingerprint density at radius 3 is 2.36 bits per heavy atom. The fourth-order valence-electron chi connectivity index (χ4n) is 0.491. The van der Waals surface area contributed by atoms with Crippen molar-refractivity contribution in [3.05, 3.63) is 24.0 Å². The monoisotopic (exact) mass is 156 g/mol. The summed E-state index contributed by atoms with van der Waals surface area (Å²) in [6, 6.07) is 0. The van der Waals surface area contributed by atoms with Gasteiger partial charge in [0.1, 0.15) is 5.76 Å². The molecule has 0 radical (unpaired) electrons. The smallest absolute Gasteiger partial charge is 0.437 e. The van der Waals surface area contributed by atoms with Gasteiger partial charge in [-0.1, -0.05) is 6.08 Å². The summed E-state index contributed by atoms with van der Waals surface area (Å²) >= 11 is 0. The van der Waals surface area contributed by atoms with E-state index in [-0.39, 0.29) is 0 Å². The van der Waals surface area contributed by atoms with E-state index in [0.717, 1.165) is 0 Å². The lowest BCUT2D eigenvalue weighted by atomic mass is 10.4. The molecule has 0 saturated carbocycles. The van der Waals surface area contributed by atoms with Gasteiger partial charge in [0.15, 0.2) is 0 Å². The lowest BCUT2D eigenvalue weighted by Crippen LogP contribution is -2.02. The Morgan fingerprint density at radius 1 is 1.36 bits per heavy atom. The van der Waals surface area contributed by atoms with Gasteiger partial charge in [0.25, 0.3) is 0 Å². The molecule has 0 aliphatic carbocycles. The van der Waals surface area contributed by atoms with Gasteiger partial charge in [-0.15, -0.1) is 0 Å². The van der Waals surface area contributed by atoms with Gasteiger partial charge in [0.05, 0.1) is 7.11 Å². The molecule has 0 aliphatic heterocycles. The first-order valence-corrected chi connectivity index (χ1v) is 3.29. The van der Waals surface area contributed by atoms with Crippen LogP contribution in [-0.4, -0.2) is 13.3 Å². The van der Waals surface area contributed by atoms with Crippen molar-refractivity contribution in [1.82, 2.24) is 0 Å². The summed E-state index contributed by atoms with van der Waals surface area (Å²) < 4.78 is 9.00. The number of carbonyl (C=O) groups is 1. The maximum absolute atomic E-state index is 10.5. The second-order valence-electron chi connectivity index (χ2n) is 1.75. The second-order valence-corrected chi connectivity index (χ2v) is 1.75. The van der Waals surface area contributed by atoms with E-state index in [1.165, 1.54) is 7.11 Å². The van der Waals surface area contributed by atoms with Crippen LogP contribution in [0.1, 0.15) is 13.8 Å². The van der Waals surface area contributed by atoms with Crippen LogP contribution >= 0.6 is 0 Å². The molecule has 0 saturated heterocycles. The summed E-state index contributed by atoms with van der Waals surface area (Å²) in [7, 11) is 1.27. The lowest BCUT2D eigenvalue weighted by Gasteiger charge is -2.00. The zero-order valence-corrected chi connectivity index (χ0v) is 6.96. The van der Waals surface area contributed by atoms with Crippen molar-refractivity contribution in [2.24, 2.45) is 0 Å². The average molecular weight is 156 g/mol. The van der Waals surface area contributed by atoms with Gasteiger partial charge < -0.3 is 9.47 Å². The maximum Gasteiger partial charge on any atom is 0.513 e. The summed E-state index contributed by atoms with van der Waals surface area (Å²) in [5.41, 5.74) is 0. The van der Waals surface area contributed by atoms with Crippen LogP contribution in [0.3, 0.4) is 0 Å². The van der Waals surface area contributed by atoms with E-state index >= 15 is 0 Å². The molecule has 0 amide bonds. The SMILES string of the molecule is CC=CC(=CC)OC(=O)OC. The lowest BCUT2D eigenvalue weighted by molar-refractivity contribution is 0.0998. The van der Waals surface area contributed by atoms with Gasteiger partial charge in [0, 0.05) is 0 Å². The summed E-state index contributed by atoms with van der Waals surface area (Å²) in [4.78, 5) is 10.5. The van der Waals surface area contributed by atoms with Gasteiger partial charge in [-0.3, -0.25) is 0 Å². The zero-order valence-electron chi connectivity index (χ0n) is 6.96. The Labute approximate surface area is 66.3 Å². The maximum atomic E-state index is 10.5. The zero-order chi connectivity index (χ0) is 8.69. The highest BCUT2D eigenvalue weighted by Gasteiger charge is 2.00. The standard InChI is InChI=1S/C8H12O3/c1-4-6-7(5-2)11-8(9)10-3/h4-6H,1-3H3. The molecule has 0 rings (SSSR count). The molecular weight excluding hydrogens is 144 g/mol. The fraction of sp³-hybridized carbons (Fsp3) is 0.375. The first-order valence-electron chi connectivity index (χ1n) is 3.29. The van der Waals surface area contributed by atoms with E-state index in [1.54, 1.807) is 25.2 Å². The topological polar surface area (TPSA) is 35.5 Å². The Balaban J connectivity index is 4.00. The molecule has 62 valence electrons. The highest BCUT2D eigenvalue weighted by molar-refractivity contribution is 5.61. The summed E-state index contributed by atoms with van der Waals surface area (Å²) in [5.74, 6) is 0.486. The van der Waals surface area contributed by atoms with Gasteiger partial charge in [-0.25, -0.2) is 4.79 Å². The molecule has 0 spiro atoms. The number of hydrogen-bond donors (Lipinski definition) is 0. The third-order valence-corrected chi connectivity index (χ3v) is 0.983. The molecule has 0 unspecified atom stereocenters. The minimum Gasteiger partial charge on any atom is -0.437 e. The van der Waals surface area contributed by atoms with E-state index in [4.69, 9.17) is 4.74 Å². The molecule has 0 bridgehead atoms. The van der Waals surface area contributed by atoms with Crippen LogP contribution in [0, 0.1) is 0 Å². The average Bonchev–Trinajstić information content (AvgIpc) is 2.03. The third kappa shape index (κ3) is 4.19. The summed E-state index contributed by atoms with van der Waals surface area (Å²) in [6.45, 7) is 3.61. The number of allylic oxidation sites excluding steroid dienone is 3. The van der Waals surface area contributed by atoms with Gasteiger partial charge in [0.2, 0.25) is 0 Å². The minimum absolute atomic E-state index is 0.486. The highest BCUT2D eigenvalue weighted by atomic mass is 16.7. The molecule has 0 aliphatic rings. The Bertz CT molecular complexity index is 180. The van der Waals surface area contributed by atoms with Crippen LogP contribution in [0.4, 0.5) is 4.79 Å². The molecule has 3 heteroatoms. The molecule has 0 atom stereocenters. The van der Waals surface area contributed by atoms with Crippen LogP contribution in [0.25, 0.3) is 0 Å². The van der Waals surface area contributed by atoms with Crippen LogP contribution in [0.2, 0.25) is 0 Å². The van der Waals surface area contributed by atoms with Gasteiger partial charge in [-0.05, 0) is 26.0 Å². The minimum atomic E-state index is -0.698. The molecule has 0 fully saturated rings. The first-order chi connectivity index (χ1) is 5.24. The van der Waals surface area contributed by atoms with Gasteiger partial charge in [-0.2, -0.15) is 0 Å². The Hall–Kier alpha value is -1.25. The predicted octanol–water partition coefficient (Wildman–Crippen LogP) is 2.25. The highest BCUT2D eigenvalue weighted by Crippen LogP contribution is 2.00. The van der Waals surface area contributed by atoms with Crippen LogP contribution in [-0.2, 0) is 9.47 Å². The second kappa shape index (κ2) is 5.53. The molecule has 0 aromatic heterocycles. The molecular formula is C8H12O3. The number of ether oxygens (including phenoxy) is 2. The normalized spacial score (nSPS) is 11.7. The van der Waals surface area contributed by atoms with E-state index < -0.39 is 6.16 Å². The van der Waals surface area contributed by atoms with Crippen molar-refractivity contribution in [2.75, 3.05) is 7.11 Å². The quantitative estimate of drug-likeness (QED) is 0.349. The van der Waals surface area contributed by atoms with Crippen molar-refractivity contribution < 1.29 is 14.3 Å². The van der Waals surface area contributed by atoms with E-state index in [0.29, 0.717) is 5.76 Å². The molecule has 11 heavy (non-hydrogen) atoms. The van der Waals surface area contributed by atoms with E-state index in [9.17, 15) is 4.79 Å². The van der Waals surface area contributed by atoms with Crippen molar-refractivity contribution in [2.45, 2.75) is 13.8 Å². The van der Waals surface area contributed by atoms with Gasteiger partial charge >= 0.3 is 6.16 Å². The molecule has 0 N–H and O–H groups in total. The number of carbonyl (C=O) groups excluding carboxylic acids is 1. The summed E-state index contributed by atoms with van der Waals surface area (Å²) in [5, 5.41) is 0. The Kier molecular flexibility index (Phi) is 4.90. The number of rotatable bonds is 2. The van der Waals surface area contributed by atoms with Crippen LogP contribution in [0.15, 0.2) is 24.0 Å². The molecule has 0 aromatic rings. The van der Waals surface area contributed by atoms with Crippen molar-refractivity contribution >= 4 is 6.16 Å². The van der Waals surface area contributed by atoms with Crippen molar-refractivity contribution in [3.63, 3.8) is 0 Å². The predicted molar refractivity (Wildman–Crippen MR) is 42.1 cm³/mol. The van der Waals surface area contributed by atoms with Crippen molar-refractivity contribution in [3.8, 4) is 0 Å². The third-order valence-electron chi connectivity index (χ3n) is 0.983. The Morgan fingerprint density at radius 2 is 2.00 bits per heavy atom. The van der Waals surface area contributed by atoms with Crippen molar-refractivity contribution in [1.29, 1.82) is 0 Å². The summed E-state index contributed by atoms with van der Waals surface area (Å²) in [6.07, 6.45) is 4.43. The van der Waals surface area contributed by atoms with E-state index in [1.807, 2.05) is 6.92 Å². The fourth-order valence-corrected chi connectivity index (χ4v) is 0.491.